The Kier molecular flexibility index (Phi) is 4.98. The molecule has 28 heavy (non-hydrogen) atoms. The molecule has 142 valence electrons. The van der Waals surface area contributed by atoms with Crippen molar-refractivity contribution in [1.29, 1.82) is 0 Å². The zero-order chi connectivity index (χ0) is 19.5. The lowest BCUT2D eigenvalue weighted by molar-refractivity contribution is -0.114. The summed E-state index contributed by atoms with van der Waals surface area (Å²) in [5.41, 5.74) is 4.72. The Morgan fingerprint density at radius 1 is 0.857 bits per heavy atom. The molecule has 5 nitrogen and oxygen atoms in total. The van der Waals surface area contributed by atoms with Gasteiger partial charge in [-0.25, -0.2) is 4.98 Å². The molecule has 1 N–H and O–H groups in total. The lowest BCUT2D eigenvalue weighted by atomic mass is 9.98. The van der Waals surface area contributed by atoms with Crippen LogP contribution >= 0.6 is 0 Å². The number of allylic oxidation sites excluding steroid dienone is 2. The van der Waals surface area contributed by atoms with E-state index < -0.39 is 0 Å². The van der Waals surface area contributed by atoms with Gasteiger partial charge in [0.15, 0.2) is 5.78 Å². The van der Waals surface area contributed by atoms with Gasteiger partial charge in [0.1, 0.15) is 17.3 Å². The first-order valence-electron chi connectivity index (χ1n) is 9.30. The summed E-state index contributed by atoms with van der Waals surface area (Å²) < 4.78 is 10.5. The first-order chi connectivity index (χ1) is 13.7. The Bertz CT molecular complexity index is 950. The molecule has 0 bridgehead atoms. The van der Waals surface area contributed by atoms with Gasteiger partial charge in [-0.15, -0.1) is 0 Å². The molecule has 1 aromatic heterocycles. The summed E-state index contributed by atoms with van der Waals surface area (Å²) in [7, 11) is 3.30. The number of aromatic nitrogens is 2. The van der Waals surface area contributed by atoms with Crippen LogP contribution in [0.1, 0.15) is 25.1 Å². The summed E-state index contributed by atoms with van der Waals surface area (Å²) in [5, 5.41) is 0. The Balaban J connectivity index is 1.82. The predicted octanol–water partition coefficient (Wildman–Crippen LogP) is 4.90. The third-order valence-electron chi connectivity index (χ3n) is 4.95. The second-order valence-electron chi connectivity index (χ2n) is 6.76. The molecule has 2 aromatic carbocycles. The molecule has 0 saturated carbocycles. The van der Waals surface area contributed by atoms with Gasteiger partial charge in [-0.3, -0.25) is 4.79 Å². The Labute approximate surface area is 164 Å². The molecule has 0 radical (unpaired) electrons. The Morgan fingerprint density at radius 2 is 1.46 bits per heavy atom. The molecule has 0 amide bonds. The number of aromatic amines is 1. The monoisotopic (exact) mass is 374 g/mol. The molecule has 3 aromatic rings. The van der Waals surface area contributed by atoms with E-state index in [0.717, 1.165) is 58.3 Å². The minimum Gasteiger partial charge on any atom is -0.497 e. The van der Waals surface area contributed by atoms with Crippen LogP contribution in [0.4, 0.5) is 0 Å². The van der Waals surface area contributed by atoms with Crippen LogP contribution < -0.4 is 9.47 Å². The number of rotatable bonds is 5. The summed E-state index contributed by atoms with van der Waals surface area (Å²) in [6, 6.07) is 15.7. The summed E-state index contributed by atoms with van der Waals surface area (Å²) in [4.78, 5) is 20.2. The molecular weight excluding hydrogens is 352 g/mol. The number of nitrogens with zero attached hydrogens (tertiary/aromatic N) is 1. The van der Waals surface area contributed by atoms with Gasteiger partial charge in [0.25, 0.3) is 0 Å². The number of carbonyl (C=O) groups excluding carboxylic acids is 1. The number of imidazole rings is 1. The number of ketones is 1. The first kappa shape index (κ1) is 18.0. The fourth-order valence-electron chi connectivity index (χ4n) is 3.43. The number of carbonyl (C=O) groups is 1. The Hall–Kier alpha value is -3.34. The highest BCUT2D eigenvalue weighted by Gasteiger charge is 2.19. The molecule has 0 fully saturated rings. The fraction of sp³-hybridized carbons (Fsp3) is 0.217. The number of hydrogen-bond donors (Lipinski definition) is 1. The van der Waals surface area contributed by atoms with Crippen molar-refractivity contribution < 1.29 is 14.3 Å². The van der Waals surface area contributed by atoms with E-state index in [1.165, 1.54) is 0 Å². The molecule has 0 spiro atoms. The third kappa shape index (κ3) is 3.56. The van der Waals surface area contributed by atoms with Crippen LogP contribution in [-0.4, -0.2) is 30.0 Å². The number of ether oxygens (including phenoxy) is 2. The number of nitrogens with one attached hydrogen (secondary N) is 1. The van der Waals surface area contributed by atoms with E-state index in [4.69, 9.17) is 14.5 Å². The van der Waals surface area contributed by atoms with Crippen LogP contribution in [0.15, 0.2) is 54.6 Å². The summed E-state index contributed by atoms with van der Waals surface area (Å²) >= 11 is 0. The van der Waals surface area contributed by atoms with Crippen molar-refractivity contribution >= 4 is 11.4 Å². The molecule has 1 aliphatic rings. The van der Waals surface area contributed by atoms with Crippen molar-refractivity contribution in [2.24, 2.45) is 0 Å². The average molecular weight is 374 g/mol. The van der Waals surface area contributed by atoms with Crippen LogP contribution in [-0.2, 0) is 4.79 Å². The zero-order valence-corrected chi connectivity index (χ0v) is 16.0. The number of hydrogen-bond acceptors (Lipinski definition) is 4. The zero-order valence-electron chi connectivity index (χ0n) is 16.0. The van der Waals surface area contributed by atoms with Gasteiger partial charge in [-0.2, -0.15) is 0 Å². The Morgan fingerprint density at radius 3 is 2.04 bits per heavy atom. The van der Waals surface area contributed by atoms with Crippen molar-refractivity contribution in [3.8, 4) is 34.0 Å². The van der Waals surface area contributed by atoms with Gasteiger partial charge < -0.3 is 14.5 Å². The minimum absolute atomic E-state index is 0.162. The average Bonchev–Trinajstić information content (AvgIpc) is 3.19. The maximum absolute atomic E-state index is 11.9. The highest BCUT2D eigenvalue weighted by Crippen LogP contribution is 2.35. The number of methoxy groups -OCH3 is 2. The smallest absolute Gasteiger partial charge is 0.156 e. The van der Waals surface area contributed by atoms with E-state index in [1.54, 1.807) is 20.3 Å². The van der Waals surface area contributed by atoms with Crippen molar-refractivity contribution in [3.05, 3.63) is 60.4 Å². The van der Waals surface area contributed by atoms with Crippen molar-refractivity contribution in [1.82, 2.24) is 9.97 Å². The van der Waals surface area contributed by atoms with E-state index in [1.807, 2.05) is 48.5 Å². The molecule has 0 atom stereocenters. The molecule has 1 aliphatic carbocycles. The maximum Gasteiger partial charge on any atom is 0.156 e. The summed E-state index contributed by atoms with van der Waals surface area (Å²) in [6.45, 7) is 0. The van der Waals surface area contributed by atoms with Crippen molar-refractivity contribution in [3.63, 3.8) is 0 Å². The molecule has 5 heteroatoms. The SMILES string of the molecule is COc1ccc(-c2nc(C3=CC(=O)CCC3)[nH]c2-c2ccc(OC)cc2)cc1. The third-order valence-corrected chi connectivity index (χ3v) is 4.95. The topological polar surface area (TPSA) is 64.2 Å². The second-order valence-corrected chi connectivity index (χ2v) is 6.76. The van der Waals surface area contributed by atoms with Crippen LogP contribution in [0.2, 0.25) is 0 Å². The molecule has 0 aliphatic heterocycles. The molecule has 0 saturated heterocycles. The number of benzene rings is 2. The summed E-state index contributed by atoms with van der Waals surface area (Å²) in [5.74, 6) is 2.51. The quantitative estimate of drug-likeness (QED) is 0.690. The molecule has 1 heterocycles. The normalized spacial score (nSPS) is 13.9. The molecule has 4 rings (SSSR count). The van der Waals surface area contributed by atoms with Gasteiger partial charge >= 0.3 is 0 Å². The van der Waals surface area contributed by atoms with Crippen molar-refractivity contribution in [2.45, 2.75) is 19.3 Å². The van der Waals surface area contributed by atoms with Crippen LogP contribution in [0, 0.1) is 0 Å². The largest absolute Gasteiger partial charge is 0.497 e. The first-order valence-corrected chi connectivity index (χ1v) is 9.30. The lowest BCUT2D eigenvalue weighted by Gasteiger charge is -2.09. The highest BCUT2D eigenvalue weighted by molar-refractivity contribution is 5.98. The summed E-state index contributed by atoms with van der Waals surface area (Å²) in [6.07, 6.45) is 4.04. The van der Waals surface area contributed by atoms with E-state index in [0.29, 0.717) is 6.42 Å². The fourth-order valence-corrected chi connectivity index (χ4v) is 3.43. The standard InChI is InChI=1S/C23H22N2O3/c1-27-19-10-6-15(7-11-19)21-22(16-8-12-20(28-2)13-9-16)25-23(24-21)17-4-3-5-18(26)14-17/h6-14H,3-5H2,1-2H3,(H,24,25). The predicted molar refractivity (Wildman–Crippen MR) is 109 cm³/mol. The van der Waals surface area contributed by atoms with Crippen LogP contribution in [0.25, 0.3) is 28.1 Å². The van der Waals surface area contributed by atoms with Crippen molar-refractivity contribution in [2.75, 3.05) is 14.2 Å². The van der Waals surface area contributed by atoms with E-state index in [2.05, 4.69) is 4.98 Å². The molecular formula is C23H22N2O3. The second kappa shape index (κ2) is 7.72. The van der Waals surface area contributed by atoms with Crippen LogP contribution in [0.3, 0.4) is 0 Å². The van der Waals surface area contributed by atoms with Gasteiger partial charge in [-0.1, -0.05) is 0 Å². The van der Waals surface area contributed by atoms with Gasteiger partial charge in [0, 0.05) is 17.5 Å². The maximum atomic E-state index is 11.9. The van der Waals surface area contributed by atoms with Gasteiger partial charge in [-0.05, 0) is 73.0 Å². The highest BCUT2D eigenvalue weighted by atomic mass is 16.5. The van der Waals surface area contributed by atoms with E-state index in [-0.39, 0.29) is 5.78 Å². The van der Waals surface area contributed by atoms with E-state index in [9.17, 15) is 4.79 Å². The number of H-pyrrole nitrogens is 1. The molecule has 0 unspecified atom stereocenters. The van der Waals surface area contributed by atoms with Gasteiger partial charge in [0.05, 0.1) is 25.6 Å². The van der Waals surface area contributed by atoms with Gasteiger partial charge in [0.2, 0.25) is 0 Å². The van der Waals surface area contributed by atoms with Crippen LogP contribution in [0.5, 0.6) is 11.5 Å². The minimum atomic E-state index is 0.162. The lowest BCUT2D eigenvalue weighted by Crippen LogP contribution is -2.03. The van der Waals surface area contributed by atoms with E-state index >= 15 is 0 Å².